The number of nitrogens with one attached hydrogen (secondary N) is 1. The van der Waals surface area contributed by atoms with Crippen LogP contribution in [0.15, 0.2) is 36.4 Å². The van der Waals surface area contributed by atoms with Gasteiger partial charge in [-0.05, 0) is 25.1 Å². The minimum Gasteiger partial charge on any atom is -0.314 e. The van der Waals surface area contributed by atoms with Crippen molar-refractivity contribution in [2.45, 2.75) is 13.0 Å². The highest BCUT2D eigenvalue weighted by Gasteiger charge is 2.27. The van der Waals surface area contributed by atoms with Gasteiger partial charge in [0.15, 0.2) is 0 Å². The smallest absolute Gasteiger partial charge is 0.131 e. The van der Waals surface area contributed by atoms with Gasteiger partial charge in [-0.2, -0.15) is 0 Å². The molecule has 0 radical (unpaired) electrons. The second kappa shape index (κ2) is 6.50. The van der Waals surface area contributed by atoms with E-state index in [1.807, 2.05) is 25.1 Å². The number of piperazine rings is 1. The van der Waals surface area contributed by atoms with Crippen LogP contribution in [0, 0.1) is 18.6 Å². The molecule has 3 rings (SSSR count). The van der Waals surface area contributed by atoms with Crippen LogP contribution in [-0.2, 0) is 0 Å². The zero-order valence-electron chi connectivity index (χ0n) is 12.5. The van der Waals surface area contributed by atoms with Crippen LogP contribution >= 0.6 is 0 Å². The van der Waals surface area contributed by atoms with Crippen LogP contribution < -0.4 is 5.32 Å². The summed E-state index contributed by atoms with van der Waals surface area (Å²) < 4.78 is 27.6. The molecule has 0 aliphatic carbocycles. The summed E-state index contributed by atoms with van der Waals surface area (Å²) in [5.74, 6) is -1.08. The first-order valence-electron chi connectivity index (χ1n) is 7.48. The van der Waals surface area contributed by atoms with Gasteiger partial charge in [-0.1, -0.05) is 12.1 Å². The van der Waals surface area contributed by atoms with E-state index < -0.39 is 11.6 Å². The number of hydrogen-bond donors (Lipinski definition) is 1. The molecule has 1 unspecified atom stereocenters. The van der Waals surface area contributed by atoms with Gasteiger partial charge in [-0.25, -0.2) is 8.78 Å². The minimum absolute atomic E-state index is 0.289. The number of aromatic nitrogens is 1. The number of aryl methyl sites for hydroxylation is 1. The molecule has 1 saturated heterocycles. The lowest BCUT2D eigenvalue weighted by molar-refractivity contribution is 0.192. The molecule has 1 aromatic carbocycles. The molecule has 2 aromatic rings. The van der Waals surface area contributed by atoms with Gasteiger partial charge in [-0.3, -0.25) is 9.88 Å². The quantitative estimate of drug-likeness (QED) is 0.945. The highest BCUT2D eigenvalue weighted by atomic mass is 19.1. The molecule has 1 aliphatic rings. The Bertz CT molecular complexity index is 654. The zero-order chi connectivity index (χ0) is 15.5. The monoisotopic (exact) mass is 303 g/mol. The van der Waals surface area contributed by atoms with Crippen LogP contribution in [0.4, 0.5) is 8.78 Å². The summed E-state index contributed by atoms with van der Waals surface area (Å²) >= 11 is 0. The lowest BCUT2D eigenvalue weighted by Gasteiger charge is -2.35. The van der Waals surface area contributed by atoms with E-state index in [1.165, 1.54) is 12.1 Å². The SMILES string of the molecule is Cc1cccc(C(c2ccc(F)cc2F)N2CCNCC2)n1. The maximum absolute atomic E-state index is 14.3. The molecule has 1 N–H and O–H groups in total. The first kappa shape index (κ1) is 15.1. The number of pyridine rings is 1. The Balaban J connectivity index is 2.05. The molecule has 1 aromatic heterocycles. The lowest BCUT2D eigenvalue weighted by Crippen LogP contribution is -2.45. The zero-order valence-corrected chi connectivity index (χ0v) is 12.5. The fraction of sp³-hybridized carbons (Fsp3) is 0.353. The topological polar surface area (TPSA) is 28.2 Å². The van der Waals surface area contributed by atoms with Gasteiger partial charge in [0.25, 0.3) is 0 Å². The molecule has 0 bridgehead atoms. The highest BCUT2D eigenvalue weighted by Crippen LogP contribution is 2.30. The van der Waals surface area contributed by atoms with E-state index in [0.717, 1.165) is 43.6 Å². The Morgan fingerprint density at radius 1 is 1.14 bits per heavy atom. The Morgan fingerprint density at radius 2 is 1.91 bits per heavy atom. The van der Waals surface area contributed by atoms with Crippen LogP contribution in [0.1, 0.15) is 23.0 Å². The predicted octanol–water partition coefficient (Wildman–Crippen LogP) is 2.66. The molecule has 0 amide bonds. The van der Waals surface area contributed by atoms with Crippen LogP contribution in [0.3, 0.4) is 0 Å². The first-order valence-corrected chi connectivity index (χ1v) is 7.48. The standard InChI is InChI=1S/C17H19F2N3/c1-12-3-2-4-16(21-12)17(22-9-7-20-8-10-22)14-6-5-13(18)11-15(14)19/h2-6,11,17,20H,7-10H2,1H3. The first-order chi connectivity index (χ1) is 10.6. The molecule has 116 valence electrons. The Hall–Kier alpha value is -1.85. The van der Waals surface area contributed by atoms with Crippen molar-refractivity contribution in [3.63, 3.8) is 0 Å². The maximum Gasteiger partial charge on any atom is 0.131 e. The molecule has 1 fully saturated rings. The average Bonchev–Trinajstić information content (AvgIpc) is 2.51. The van der Waals surface area contributed by atoms with Crippen molar-refractivity contribution in [2.75, 3.05) is 26.2 Å². The van der Waals surface area contributed by atoms with Gasteiger partial charge in [-0.15, -0.1) is 0 Å². The fourth-order valence-corrected chi connectivity index (χ4v) is 2.92. The van der Waals surface area contributed by atoms with E-state index in [9.17, 15) is 8.78 Å². The van der Waals surface area contributed by atoms with Crippen molar-refractivity contribution in [2.24, 2.45) is 0 Å². The lowest BCUT2D eigenvalue weighted by atomic mass is 9.99. The summed E-state index contributed by atoms with van der Waals surface area (Å²) in [6.45, 7) is 5.23. The summed E-state index contributed by atoms with van der Waals surface area (Å²) in [6.07, 6.45) is 0. The molecule has 0 spiro atoms. The van der Waals surface area contributed by atoms with Crippen molar-refractivity contribution in [3.8, 4) is 0 Å². The molecule has 5 heteroatoms. The number of benzene rings is 1. The minimum atomic E-state index is -0.558. The maximum atomic E-state index is 14.3. The van der Waals surface area contributed by atoms with E-state index in [1.54, 1.807) is 0 Å². The van der Waals surface area contributed by atoms with Crippen molar-refractivity contribution in [3.05, 3.63) is 65.0 Å². The van der Waals surface area contributed by atoms with Crippen molar-refractivity contribution in [1.82, 2.24) is 15.2 Å². The second-order valence-corrected chi connectivity index (χ2v) is 5.56. The predicted molar refractivity (Wildman–Crippen MR) is 81.6 cm³/mol. The van der Waals surface area contributed by atoms with Gasteiger partial charge in [0.2, 0.25) is 0 Å². The molecular formula is C17H19F2N3. The van der Waals surface area contributed by atoms with Crippen LogP contribution in [0.5, 0.6) is 0 Å². The summed E-state index contributed by atoms with van der Waals surface area (Å²) in [5.41, 5.74) is 2.16. The Kier molecular flexibility index (Phi) is 4.45. The van der Waals surface area contributed by atoms with E-state index in [2.05, 4.69) is 15.2 Å². The molecule has 0 saturated carbocycles. The van der Waals surface area contributed by atoms with Crippen LogP contribution in [0.2, 0.25) is 0 Å². The summed E-state index contributed by atoms with van der Waals surface area (Å²) in [5, 5.41) is 3.29. The van der Waals surface area contributed by atoms with Crippen LogP contribution in [0.25, 0.3) is 0 Å². The summed E-state index contributed by atoms with van der Waals surface area (Å²) in [7, 11) is 0. The van der Waals surface area contributed by atoms with Crippen LogP contribution in [-0.4, -0.2) is 36.1 Å². The number of hydrogen-bond acceptors (Lipinski definition) is 3. The Morgan fingerprint density at radius 3 is 2.59 bits per heavy atom. The molecular weight excluding hydrogens is 284 g/mol. The van der Waals surface area contributed by atoms with Crippen molar-refractivity contribution < 1.29 is 8.78 Å². The third-order valence-electron chi connectivity index (χ3n) is 3.96. The number of nitrogens with zero attached hydrogens (tertiary/aromatic N) is 2. The summed E-state index contributed by atoms with van der Waals surface area (Å²) in [4.78, 5) is 6.76. The molecule has 1 atom stereocenters. The van der Waals surface area contributed by atoms with Gasteiger partial charge in [0.05, 0.1) is 11.7 Å². The fourth-order valence-electron chi connectivity index (χ4n) is 2.92. The van der Waals surface area contributed by atoms with E-state index in [4.69, 9.17) is 0 Å². The second-order valence-electron chi connectivity index (χ2n) is 5.56. The van der Waals surface area contributed by atoms with Gasteiger partial charge < -0.3 is 5.32 Å². The molecule has 1 aliphatic heterocycles. The van der Waals surface area contributed by atoms with Crippen molar-refractivity contribution >= 4 is 0 Å². The van der Waals surface area contributed by atoms with E-state index in [0.29, 0.717) is 5.56 Å². The van der Waals surface area contributed by atoms with Gasteiger partial charge in [0.1, 0.15) is 11.6 Å². The number of rotatable bonds is 3. The van der Waals surface area contributed by atoms with E-state index >= 15 is 0 Å². The molecule has 3 nitrogen and oxygen atoms in total. The highest BCUT2D eigenvalue weighted by molar-refractivity contribution is 5.30. The number of halogens is 2. The normalized spacial score (nSPS) is 17.4. The molecule has 22 heavy (non-hydrogen) atoms. The van der Waals surface area contributed by atoms with Gasteiger partial charge >= 0.3 is 0 Å². The van der Waals surface area contributed by atoms with Crippen molar-refractivity contribution in [1.29, 1.82) is 0 Å². The average molecular weight is 303 g/mol. The van der Waals surface area contributed by atoms with Gasteiger partial charge in [0, 0.05) is 43.5 Å². The molecule has 2 heterocycles. The third-order valence-corrected chi connectivity index (χ3v) is 3.96. The van der Waals surface area contributed by atoms with E-state index in [-0.39, 0.29) is 6.04 Å². The largest absolute Gasteiger partial charge is 0.314 e. The Labute approximate surface area is 129 Å². The third kappa shape index (κ3) is 3.15. The summed E-state index contributed by atoms with van der Waals surface area (Å²) in [6, 6.07) is 9.24.